The molecule has 0 amide bonds. The van der Waals surface area contributed by atoms with Gasteiger partial charge in [0.2, 0.25) is 0 Å². The van der Waals surface area contributed by atoms with Gasteiger partial charge in [0, 0.05) is 10.9 Å². The zero-order valence-corrected chi connectivity index (χ0v) is 15.9. The predicted molar refractivity (Wildman–Crippen MR) is 112 cm³/mol. The molecule has 5 aromatic rings. The average molecular weight is 420 g/mol. The Morgan fingerprint density at radius 3 is 1.71 bits per heavy atom. The molecule has 0 aromatic heterocycles. The summed E-state index contributed by atoms with van der Waals surface area (Å²) >= 11 is 0. The van der Waals surface area contributed by atoms with E-state index in [9.17, 15) is 17.6 Å². The third-order valence-electron chi connectivity index (χ3n) is 5.40. The molecule has 31 heavy (non-hydrogen) atoms. The maximum absolute atomic E-state index is 15.2. The first-order valence-electron chi connectivity index (χ1n) is 9.49. The Balaban J connectivity index is 2.06. The molecule has 0 bridgehead atoms. The minimum atomic E-state index is -1.09. The minimum absolute atomic E-state index is 0.187. The number of benzene rings is 5. The first kappa shape index (κ1) is 19.2. The van der Waals surface area contributed by atoms with Crippen molar-refractivity contribution in [1.82, 2.24) is 0 Å². The third-order valence-corrected chi connectivity index (χ3v) is 5.40. The van der Waals surface area contributed by atoms with Gasteiger partial charge in [-0.3, -0.25) is 0 Å². The zero-order chi connectivity index (χ0) is 21.7. The van der Waals surface area contributed by atoms with Crippen LogP contribution in [0.5, 0.6) is 0 Å². The van der Waals surface area contributed by atoms with Gasteiger partial charge < -0.3 is 0 Å². The highest BCUT2D eigenvalue weighted by Crippen LogP contribution is 2.45. The van der Waals surface area contributed by atoms with Crippen LogP contribution in [0.4, 0.5) is 22.0 Å². The van der Waals surface area contributed by atoms with Crippen molar-refractivity contribution in [2.24, 2.45) is 0 Å². The summed E-state index contributed by atoms with van der Waals surface area (Å²) in [5.74, 6) is -4.87. The normalized spacial score (nSPS) is 11.4. The standard InChI is InChI=1S/C26H13F5/c27-19-10-9-15(11-21(19)29)24-16-7-4-8-20(28)26(16)25(14-5-2-1-3-6-14)18-13-23(31)22(30)12-17(18)24/h1-13H. The van der Waals surface area contributed by atoms with Gasteiger partial charge >= 0.3 is 0 Å². The Kier molecular flexibility index (Phi) is 4.47. The molecule has 152 valence electrons. The molecule has 0 atom stereocenters. The summed E-state index contributed by atoms with van der Waals surface area (Å²) in [6.45, 7) is 0. The summed E-state index contributed by atoms with van der Waals surface area (Å²) in [5.41, 5.74) is 1.53. The first-order chi connectivity index (χ1) is 15.0. The molecule has 0 unspecified atom stereocenters. The van der Waals surface area contributed by atoms with Crippen LogP contribution in [0.2, 0.25) is 0 Å². The maximum Gasteiger partial charge on any atom is 0.159 e. The Labute approximate surface area is 174 Å². The second-order valence-electron chi connectivity index (χ2n) is 7.22. The highest BCUT2D eigenvalue weighted by atomic mass is 19.2. The number of fused-ring (bicyclic) bond motifs is 2. The molecule has 0 saturated heterocycles. The van der Waals surface area contributed by atoms with Gasteiger partial charge in [0.05, 0.1) is 0 Å². The van der Waals surface area contributed by atoms with Gasteiger partial charge in [-0.1, -0.05) is 48.5 Å². The largest absolute Gasteiger partial charge is 0.206 e. The van der Waals surface area contributed by atoms with Crippen molar-refractivity contribution in [1.29, 1.82) is 0 Å². The van der Waals surface area contributed by atoms with E-state index in [-0.39, 0.29) is 21.7 Å². The smallest absolute Gasteiger partial charge is 0.159 e. The molecule has 0 aliphatic rings. The van der Waals surface area contributed by atoms with E-state index < -0.39 is 29.1 Å². The highest BCUT2D eigenvalue weighted by molar-refractivity contribution is 6.21. The molecule has 5 rings (SSSR count). The molecule has 0 spiro atoms. The Hall–Kier alpha value is -3.73. The van der Waals surface area contributed by atoms with E-state index in [1.54, 1.807) is 36.4 Å². The van der Waals surface area contributed by atoms with Crippen LogP contribution in [-0.2, 0) is 0 Å². The fraction of sp³-hybridized carbons (Fsp3) is 0. The van der Waals surface area contributed by atoms with Gasteiger partial charge in [-0.15, -0.1) is 0 Å². The Morgan fingerprint density at radius 2 is 1.03 bits per heavy atom. The van der Waals surface area contributed by atoms with Gasteiger partial charge in [-0.25, -0.2) is 22.0 Å². The molecule has 0 aliphatic carbocycles. The lowest BCUT2D eigenvalue weighted by molar-refractivity contribution is 0.509. The van der Waals surface area contributed by atoms with Crippen molar-refractivity contribution in [2.75, 3.05) is 0 Å². The summed E-state index contributed by atoms with van der Waals surface area (Å²) in [4.78, 5) is 0. The van der Waals surface area contributed by atoms with E-state index in [4.69, 9.17) is 0 Å². The van der Waals surface area contributed by atoms with E-state index in [0.717, 1.165) is 24.3 Å². The Bertz CT molecular complexity index is 1470. The lowest BCUT2D eigenvalue weighted by Gasteiger charge is -2.18. The van der Waals surface area contributed by atoms with E-state index >= 15 is 4.39 Å². The van der Waals surface area contributed by atoms with Crippen LogP contribution in [0.1, 0.15) is 0 Å². The van der Waals surface area contributed by atoms with Crippen LogP contribution in [0.15, 0.2) is 78.9 Å². The molecule has 0 saturated carbocycles. The summed E-state index contributed by atoms with van der Waals surface area (Å²) in [7, 11) is 0. The lowest BCUT2D eigenvalue weighted by atomic mass is 9.85. The third kappa shape index (κ3) is 3.05. The molecule has 0 aliphatic heterocycles. The van der Waals surface area contributed by atoms with Gasteiger partial charge in [0.25, 0.3) is 0 Å². The maximum atomic E-state index is 15.2. The van der Waals surface area contributed by atoms with Crippen molar-refractivity contribution in [3.8, 4) is 22.3 Å². The molecule has 0 radical (unpaired) electrons. The second kappa shape index (κ2) is 7.20. The van der Waals surface area contributed by atoms with Crippen LogP contribution >= 0.6 is 0 Å². The fourth-order valence-electron chi connectivity index (χ4n) is 4.09. The molecule has 0 N–H and O–H groups in total. The zero-order valence-electron chi connectivity index (χ0n) is 15.9. The minimum Gasteiger partial charge on any atom is -0.206 e. The lowest BCUT2D eigenvalue weighted by Crippen LogP contribution is -1.96. The second-order valence-corrected chi connectivity index (χ2v) is 7.22. The summed E-state index contributed by atoms with van der Waals surface area (Å²) < 4.78 is 71.4. The molecule has 5 heteroatoms. The molecular formula is C26H13F5. The summed E-state index contributed by atoms with van der Waals surface area (Å²) in [6.07, 6.45) is 0. The molecule has 0 fully saturated rings. The topological polar surface area (TPSA) is 0 Å². The summed E-state index contributed by atoms with van der Waals surface area (Å²) in [6, 6.07) is 18.5. The molecular weight excluding hydrogens is 407 g/mol. The van der Waals surface area contributed by atoms with Crippen molar-refractivity contribution < 1.29 is 22.0 Å². The van der Waals surface area contributed by atoms with Crippen LogP contribution in [-0.4, -0.2) is 0 Å². The van der Waals surface area contributed by atoms with Crippen LogP contribution in [0.3, 0.4) is 0 Å². The van der Waals surface area contributed by atoms with Gasteiger partial charge in [-0.2, -0.15) is 0 Å². The van der Waals surface area contributed by atoms with Gasteiger partial charge in [-0.05, 0) is 63.2 Å². The predicted octanol–water partition coefficient (Wildman–Crippen LogP) is 8.02. The van der Waals surface area contributed by atoms with Gasteiger partial charge in [0.15, 0.2) is 23.3 Å². The van der Waals surface area contributed by atoms with Gasteiger partial charge in [0.1, 0.15) is 5.82 Å². The molecule has 5 aromatic carbocycles. The first-order valence-corrected chi connectivity index (χ1v) is 9.49. The fourth-order valence-corrected chi connectivity index (χ4v) is 4.09. The van der Waals surface area contributed by atoms with E-state index in [2.05, 4.69) is 0 Å². The average Bonchev–Trinajstić information content (AvgIpc) is 2.76. The van der Waals surface area contributed by atoms with Crippen LogP contribution < -0.4 is 0 Å². The number of hydrogen-bond donors (Lipinski definition) is 0. The Morgan fingerprint density at radius 1 is 0.387 bits per heavy atom. The monoisotopic (exact) mass is 420 g/mol. The van der Waals surface area contributed by atoms with E-state index in [1.165, 1.54) is 18.2 Å². The van der Waals surface area contributed by atoms with Crippen molar-refractivity contribution in [3.05, 3.63) is 108 Å². The quantitative estimate of drug-likeness (QED) is 0.200. The van der Waals surface area contributed by atoms with Crippen LogP contribution in [0, 0.1) is 29.1 Å². The van der Waals surface area contributed by atoms with Crippen molar-refractivity contribution >= 4 is 21.5 Å². The van der Waals surface area contributed by atoms with E-state index in [0.29, 0.717) is 22.1 Å². The van der Waals surface area contributed by atoms with Crippen molar-refractivity contribution in [3.63, 3.8) is 0 Å². The molecule has 0 heterocycles. The summed E-state index contributed by atoms with van der Waals surface area (Å²) in [5, 5.41) is 1.10. The number of hydrogen-bond acceptors (Lipinski definition) is 0. The SMILES string of the molecule is Fc1ccc(-c2c3cc(F)c(F)cc3c(-c3ccccc3)c3c(F)cccc23)cc1F. The number of halogens is 5. The highest BCUT2D eigenvalue weighted by Gasteiger charge is 2.21. The van der Waals surface area contributed by atoms with Crippen LogP contribution in [0.25, 0.3) is 43.8 Å². The number of rotatable bonds is 2. The van der Waals surface area contributed by atoms with E-state index in [1.807, 2.05) is 0 Å². The van der Waals surface area contributed by atoms with Crippen molar-refractivity contribution in [2.45, 2.75) is 0 Å². The molecule has 0 nitrogen and oxygen atoms in total.